The van der Waals surface area contributed by atoms with Gasteiger partial charge < -0.3 is 10.1 Å². The van der Waals surface area contributed by atoms with Gasteiger partial charge in [0, 0.05) is 24.9 Å². The number of carbonyl (C=O) groups is 1. The zero-order valence-electron chi connectivity index (χ0n) is 16.1. The van der Waals surface area contributed by atoms with E-state index in [-0.39, 0.29) is 10.6 Å². The molecule has 0 bridgehead atoms. The van der Waals surface area contributed by atoms with Gasteiger partial charge in [0.25, 0.3) is 0 Å². The quantitative estimate of drug-likeness (QED) is 0.697. The smallest absolute Gasteiger partial charge is 0.248 e. The summed E-state index contributed by atoms with van der Waals surface area (Å²) < 4.78 is 46.1. The summed E-state index contributed by atoms with van der Waals surface area (Å²) in [4.78, 5) is 12.3. The second-order valence-corrected chi connectivity index (χ2v) is 8.49. The van der Waals surface area contributed by atoms with Gasteiger partial charge in [-0.1, -0.05) is 12.1 Å². The van der Waals surface area contributed by atoms with Crippen LogP contribution >= 0.6 is 0 Å². The molecule has 1 aliphatic heterocycles. The minimum atomic E-state index is -3.71. The molecule has 0 aliphatic carbocycles. The minimum Gasteiger partial charge on any atom is -0.492 e. The number of halogens is 1. The number of hydrogen-bond acceptors (Lipinski definition) is 4. The highest BCUT2D eigenvalue weighted by molar-refractivity contribution is 7.89. The van der Waals surface area contributed by atoms with E-state index >= 15 is 0 Å². The van der Waals surface area contributed by atoms with Gasteiger partial charge in [-0.25, -0.2) is 12.8 Å². The minimum absolute atomic E-state index is 0.0353. The van der Waals surface area contributed by atoms with Crippen molar-refractivity contribution in [1.82, 2.24) is 4.31 Å². The lowest BCUT2D eigenvalue weighted by Crippen LogP contribution is -2.28. The number of carbonyl (C=O) groups excluding carboxylic acids is 1. The first kappa shape index (κ1) is 21.0. The summed E-state index contributed by atoms with van der Waals surface area (Å²) in [6.45, 7) is 3.05. The lowest BCUT2D eigenvalue weighted by molar-refractivity contribution is -0.111. The van der Waals surface area contributed by atoms with Gasteiger partial charge in [0.1, 0.15) is 16.5 Å². The Morgan fingerprint density at radius 3 is 2.66 bits per heavy atom. The molecule has 0 radical (unpaired) electrons. The molecule has 154 valence electrons. The highest BCUT2D eigenvalue weighted by Crippen LogP contribution is 2.31. The summed E-state index contributed by atoms with van der Waals surface area (Å²) in [5.74, 6) is -0.591. The number of rotatable bonds is 7. The first-order chi connectivity index (χ1) is 13.9. The van der Waals surface area contributed by atoms with Crippen LogP contribution in [0.15, 0.2) is 53.4 Å². The molecule has 0 unspecified atom stereocenters. The Balaban J connectivity index is 1.82. The van der Waals surface area contributed by atoms with Gasteiger partial charge in [0.05, 0.1) is 6.61 Å². The summed E-state index contributed by atoms with van der Waals surface area (Å²) in [6.07, 6.45) is 4.39. The molecule has 0 atom stereocenters. The monoisotopic (exact) mass is 418 g/mol. The molecule has 1 fully saturated rings. The molecule has 1 aliphatic rings. The molecule has 1 N–H and O–H groups in total. The van der Waals surface area contributed by atoms with Crippen molar-refractivity contribution in [3.8, 4) is 5.75 Å². The van der Waals surface area contributed by atoms with Gasteiger partial charge in [-0.05, 0) is 61.7 Å². The molecule has 2 aromatic carbocycles. The van der Waals surface area contributed by atoms with E-state index in [4.69, 9.17) is 4.74 Å². The molecule has 1 saturated heterocycles. The Bertz CT molecular complexity index is 1020. The second-order valence-electron chi connectivity index (χ2n) is 6.58. The maximum atomic E-state index is 13.2. The normalized spacial score (nSPS) is 15.0. The van der Waals surface area contributed by atoms with Crippen molar-refractivity contribution in [2.75, 3.05) is 25.0 Å². The zero-order valence-corrected chi connectivity index (χ0v) is 16.9. The highest BCUT2D eigenvalue weighted by Gasteiger charge is 2.30. The first-order valence-electron chi connectivity index (χ1n) is 9.42. The number of amides is 1. The van der Waals surface area contributed by atoms with Crippen LogP contribution in [0.1, 0.15) is 25.3 Å². The van der Waals surface area contributed by atoms with E-state index in [1.807, 2.05) is 0 Å². The Labute approximate surface area is 170 Å². The standard InChI is InChI=1S/C21H23FN2O4S/c1-2-28-19-10-9-18(15-20(19)29(26,27)24-12-3-4-13-24)23-21(25)11-8-16-6-5-7-17(22)14-16/h5-11,14-15H,2-4,12-13H2,1H3,(H,23,25)/b11-8+. The average Bonchev–Trinajstić information content (AvgIpc) is 3.23. The summed E-state index contributed by atoms with van der Waals surface area (Å²) in [6, 6.07) is 10.4. The van der Waals surface area contributed by atoms with Crippen LogP contribution in [-0.4, -0.2) is 38.3 Å². The number of nitrogens with one attached hydrogen (secondary N) is 1. The van der Waals surface area contributed by atoms with Gasteiger partial charge in [0.15, 0.2) is 0 Å². The van der Waals surface area contributed by atoms with Crippen LogP contribution in [0.25, 0.3) is 6.08 Å². The van der Waals surface area contributed by atoms with E-state index in [2.05, 4.69) is 5.32 Å². The SMILES string of the molecule is CCOc1ccc(NC(=O)/C=C/c2cccc(F)c2)cc1S(=O)(=O)N1CCCC1. The van der Waals surface area contributed by atoms with Crippen molar-refractivity contribution in [3.05, 3.63) is 59.9 Å². The largest absolute Gasteiger partial charge is 0.492 e. The van der Waals surface area contributed by atoms with Gasteiger partial charge in [-0.2, -0.15) is 4.31 Å². The van der Waals surface area contributed by atoms with Gasteiger partial charge >= 0.3 is 0 Å². The topological polar surface area (TPSA) is 75.7 Å². The molecule has 0 aromatic heterocycles. The summed E-state index contributed by atoms with van der Waals surface area (Å²) >= 11 is 0. The first-order valence-corrected chi connectivity index (χ1v) is 10.9. The van der Waals surface area contributed by atoms with Crippen LogP contribution < -0.4 is 10.1 Å². The van der Waals surface area contributed by atoms with E-state index in [1.165, 1.54) is 34.7 Å². The van der Waals surface area contributed by atoms with Crippen LogP contribution in [0.4, 0.5) is 10.1 Å². The molecule has 1 heterocycles. The molecular formula is C21H23FN2O4S. The van der Waals surface area contributed by atoms with Crippen LogP contribution in [0.2, 0.25) is 0 Å². The van der Waals surface area contributed by atoms with Crippen LogP contribution in [0.3, 0.4) is 0 Å². The Hall–Kier alpha value is -2.71. The molecule has 8 heteroatoms. The molecule has 3 rings (SSSR count). The number of sulfonamides is 1. The Kier molecular flexibility index (Phi) is 6.66. The Morgan fingerprint density at radius 2 is 1.97 bits per heavy atom. The predicted molar refractivity (Wildman–Crippen MR) is 110 cm³/mol. The highest BCUT2D eigenvalue weighted by atomic mass is 32.2. The molecular weight excluding hydrogens is 395 g/mol. The van der Waals surface area contributed by atoms with Crippen LogP contribution in [-0.2, 0) is 14.8 Å². The van der Waals surface area contributed by atoms with Crippen LogP contribution in [0.5, 0.6) is 5.75 Å². The Morgan fingerprint density at radius 1 is 1.21 bits per heavy atom. The van der Waals surface area contributed by atoms with Gasteiger partial charge in [-0.15, -0.1) is 0 Å². The molecule has 0 saturated carbocycles. The van der Waals surface area contributed by atoms with Crippen molar-refractivity contribution < 1.29 is 22.3 Å². The lowest BCUT2D eigenvalue weighted by Gasteiger charge is -2.19. The fourth-order valence-corrected chi connectivity index (χ4v) is 4.77. The number of benzene rings is 2. The van der Waals surface area contributed by atoms with Crippen LogP contribution in [0, 0.1) is 5.82 Å². The van der Waals surface area contributed by atoms with E-state index in [0.29, 0.717) is 30.9 Å². The molecule has 6 nitrogen and oxygen atoms in total. The second kappa shape index (κ2) is 9.19. The molecule has 29 heavy (non-hydrogen) atoms. The fraction of sp³-hybridized carbons (Fsp3) is 0.286. The van der Waals surface area contributed by atoms with E-state index in [0.717, 1.165) is 12.8 Å². The van der Waals surface area contributed by atoms with E-state index < -0.39 is 21.7 Å². The third kappa shape index (κ3) is 5.21. The van der Waals surface area contributed by atoms with Gasteiger partial charge in [0.2, 0.25) is 15.9 Å². The van der Waals surface area contributed by atoms with E-state index in [1.54, 1.807) is 31.2 Å². The summed E-state index contributed by atoms with van der Waals surface area (Å²) in [5.41, 5.74) is 0.879. The third-order valence-corrected chi connectivity index (χ3v) is 6.39. The number of ether oxygens (including phenoxy) is 1. The maximum absolute atomic E-state index is 13.2. The van der Waals surface area contributed by atoms with Crippen molar-refractivity contribution in [1.29, 1.82) is 0 Å². The molecule has 1 amide bonds. The van der Waals surface area contributed by atoms with Crippen molar-refractivity contribution in [3.63, 3.8) is 0 Å². The number of anilines is 1. The number of hydrogen-bond donors (Lipinski definition) is 1. The van der Waals surface area contributed by atoms with Crippen molar-refractivity contribution >= 4 is 27.7 Å². The summed E-state index contributed by atoms with van der Waals surface area (Å²) in [7, 11) is -3.71. The summed E-state index contributed by atoms with van der Waals surface area (Å²) in [5, 5.41) is 2.64. The molecule has 0 spiro atoms. The molecule has 2 aromatic rings. The van der Waals surface area contributed by atoms with E-state index in [9.17, 15) is 17.6 Å². The predicted octanol–water partition coefficient (Wildman–Crippen LogP) is 3.66. The van der Waals surface area contributed by atoms with Crippen molar-refractivity contribution in [2.24, 2.45) is 0 Å². The fourth-order valence-electron chi connectivity index (χ4n) is 3.10. The average molecular weight is 418 g/mol. The zero-order chi connectivity index (χ0) is 20.9. The third-order valence-electron chi connectivity index (χ3n) is 4.47. The lowest BCUT2D eigenvalue weighted by atomic mass is 10.2. The maximum Gasteiger partial charge on any atom is 0.248 e. The van der Waals surface area contributed by atoms with Gasteiger partial charge in [-0.3, -0.25) is 4.79 Å². The van der Waals surface area contributed by atoms with Crippen molar-refractivity contribution in [2.45, 2.75) is 24.7 Å². The number of nitrogens with zero attached hydrogens (tertiary/aromatic N) is 1.